The first-order valence-electron chi connectivity index (χ1n) is 11.9. The summed E-state index contributed by atoms with van der Waals surface area (Å²) in [6, 6.07) is 5.79. The Hall–Kier alpha value is -4.75. The molecule has 0 heterocycles. The number of aromatic hydroxyl groups is 2. The maximum atomic E-state index is 12.3. The number of phenols is 2. The van der Waals surface area contributed by atoms with Gasteiger partial charge in [0.15, 0.2) is 36.1 Å². The molecule has 0 fully saturated rings. The van der Waals surface area contributed by atoms with E-state index in [1.807, 2.05) is 0 Å². The van der Waals surface area contributed by atoms with Crippen molar-refractivity contribution in [2.24, 2.45) is 0 Å². The second-order valence-corrected chi connectivity index (χ2v) is 9.05. The van der Waals surface area contributed by atoms with Gasteiger partial charge in [0.1, 0.15) is 0 Å². The predicted molar refractivity (Wildman–Crippen MR) is 145 cm³/mol. The number of carbonyl (C=O) groups excluding carboxylic acids is 4. The van der Waals surface area contributed by atoms with Crippen LogP contribution in [0.1, 0.15) is 11.1 Å². The lowest BCUT2D eigenvalue weighted by Crippen LogP contribution is -3.00. The first-order chi connectivity index (χ1) is 19.3. The van der Waals surface area contributed by atoms with Crippen LogP contribution in [0.3, 0.4) is 0 Å². The zero-order valence-electron chi connectivity index (χ0n) is 23.8. The molecule has 2 rings (SSSR count). The molecule has 0 aliphatic rings. The first kappa shape index (κ1) is 35.3. The van der Waals surface area contributed by atoms with E-state index in [-0.39, 0.29) is 64.5 Å². The number of methoxy groups -OCH3 is 4. The number of rotatable bonds is 12. The summed E-state index contributed by atoms with van der Waals surface area (Å²) < 4.78 is 29.5. The van der Waals surface area contributed by atoms with Gasteiger partial charge in [0, 0.05) is 12.2 Å². The van der Waals surface area contributed by atoms with Crippen LogP contribution in [0.2, 0.25) is 0 Å². The Morgan fingerprint density at radius 2 is 0.929 bits per heavy atom. The molecule has 0 atom stereocenters. The van der Waals surface area contributed by atoms with E-state index in [1.54, 1.807) is 0 Å². The maximum absolute atomic E-state index is 12.3. The molecule has 42 heavy (non-hydrogen) atoms. The summed E-state index contributed by atoms with van der Waals surface area (Å²) in [5.41, 5.74) is 0.865. The minimum Gasteiger partial charge on any atom is -1.00 e. The van der Waals surface area contributed by atoms with Crippen LogP contribution in [0.25, 0.3) is 12.2 Å². The number of esters is 4. The molecule has 13 nitrogen and oxygen atoms in total. The lowest BCUT2D eigenvalue weighted by Gasteiger charge is -2.26. The lowest BCUT2D eigenvalue weighted by atomic mass is 10.1. The Labute approximate surface area is 248 Å². The number of likely N-dealkylation sites (N-methyl/N-ethyl adjacent to an activating group) is 1. The van der Waals surface area contributed by atoms with E-state index in [9.17, 15) is 29.4 Å². The molecule has 0 bridgehead atoms. The highest BCUT2D eigenvalue weighted by molar-refractivity contribution is 5.96. The van der Waals surface area contributed by atoms with Crippen molar-refractivity contribution in [1.29, 1.82) is 0 Å². The smallest absolute Gasteiger partial charge is 0.369 e. The van der Waals surface area contributed by atoms with Crippen LogP contribution in [0.4, 0.5) is 0 Å². The summed E-state index contributed by atoms with van der Waals surface area (Å²) in [6.45, 7) is -0.765. The Balaban J connectivity index is 0.00000882. The van der Waals surface area contributed by atoms with Gasteiger partial charge in [-0.1, -0.05) is 0 Å². The molecule has 2 aromatic carbocycles. The minimum atomic E-state index is -0.966. The summed E-state index contributed by atoms with van der Waals surface area (Å²) >= 11 is 0. The van der Waals surface area contributed by atoms with Crippen molar-refractivity contribution in [1.82, 2.24) is 0 Å². The van der Waals surface area contributed by atoms with Crippen molar-refractivity contribution < 1.29 is 74.7 Å². The molecule has 228 valence electrons. The molecule has 0 aromatic heterocycles. The number of halogens is 1. The van der Waals surface area contributed by atoms with E-state index in [0.29, 0.717) is 11.1 Å². The highest BCUT2D eigenvalue weighted by Crippen LogP contribution is 2.38. The predicted octanol–water partition coefficient (Wildman–Crippen LogP) is -0.921. The summed E-state index contributed by atoms with van der Waals surface area (Å²) in [6.07, 6.45) is 4.67. The fourth-order valence-corrected chi connectivity index (χ4v) is 3.46. The summed E-state index contributed by atoms with van der Waals surface area (Å²) in [4.78, 5) is 48.8. The molecule has 2 N–H and O–H groups in total. The van der Waals surface area contributed by atoms with Gasteiger partial charge in [0.2, 0.25) is 11.5 Å². The van der Waals surface area contributed by atoms with Crippen LogP contribution in [-0.4, -0.2) is 94.2 Å². The number of carbonyl (C=O) groups is 4. The van der Waals surface area contributed by atoms with E-state index < -0.39 is 23.9 Å². The van der Waals surface area contributed by atoms with E-state index in [1.165, 1.54) is 79.0 Å². The average molecular weight is 610 g/mol. The highest BCUT2D eigenvalue weighted by atomic mass is 35.5. The summed E-state index contributed by atoms with van der Waals surface area (Å²) in [5, 5.41) is 19.9. The van der Waals surface area contributed by atoms with E-state index >= 15 is 0 Å². The van der Waals surface area contributed by atoms with Gasteiger partial charge in [-0.2, -0.15) is 0 Å². The topological polar surface area (TPSA) is 164 Å². The number of benzene rings is 2. The molecule has 0 radical (unpaired) electrons. The fraction of sp³-hybridized carbons (Fsp3) is 0.286. The normalized spacial score (nSPS) is 11.0. The number of nitrogens with zero attached hydrogens (tertiary/aromatic N) is 1. The standard InChI is InChI=1S/C28H31NO12.ClH/c1-29(2,15-25(32)40-23(30)9-7-17-11-19(36-3)27(34)20(12-17)37-4)16-26(33)41-24(31)10-8-18-13-21(38-5)28(35)22(14-18)39-6;/h7-14H,15-16H2,1-6H3,(H-,30,31,34,35);1H. The summed E-state index contributed by atoms with van der Waals surface area (Å²) in [5.74, 6) is -3.70. The zero-order valence-corrected chi connectivity index (χ0v) is 24.6. The van der Waals surface area contributed by atoms with Gasteiger partial charge >= 0.3 is 23.9 Å². The van der Waals surface area contributed by atoms with E-state index in [4.69, 9.17) is 28.4 Å². The Morgan fingerprint density at radius 3 is 1.19 bits per heavy atom. The SMILES string of the molecule is COc1cc(/C=C/C(=O)OC(=O)C[N+](C)(C)CC(=O)OC(=O)/C=C/c2cc(OC)c(O)c(OC)c2)cc(OC)c1O.[Cl-]. The van der Waals surface area contributed by atoms with Crippen molar-refractivity contribution >= 4 is 36.0 Å². The third kappa shape index (κ3) is 10.3. The van der Waals surface area contributed by atoms with Crippen molar-refractivity contribution in [2.45, 2.75) is 0 Å². The van der Waals surface area contributed by atoms with Crippen LogP contribution in [-0.2, 0) is 28.7 Å². The third-order valence-corrected chi connectivity index (χ3v) is 5.37. The summed E-state index contributed by atoms with van der Waals surface area (Å²) in [7, 11) is 8.42. The Kier molecular flexibility index (Phi) is 13.3. The zero-order chi connectivity index (χ0) is 30.7. The molecule has 0 spiro atoms. The molecular formula is C28H32ClNO12. The number of hydrogen-bond acceptors (Lipinski definition) is 12. The second-order valence-electron chi connectivity index (χ2n) is 9.05. The monoisotopic (exact) mass is 609 g/mol. The average Bonchev–Trinajstić information content (AvgIpc) is 2.90. The number of hydrogen-bond donors (Lipinski definition) is 2. The molecular weight excluding hydrogens is 578 g/mol. The van der Waals surface area contributed by atoms with Crippen molar-refractivity contribution in [3.8, 4) is 34.5 Å². The number of quaternary nitrogens is 1. The molecule has 0 aliphatic heterocycles. The molecule has 14 heteroatoms. The van der Waals surface area contributed by atoms with Crippen molar-refractivity contribution in [3.05, 3.63) is 47.5 Å². The molecule has 0 amide bonds. The second kappa shape index (κ2) is 15.9. The molecule has 2 aromatic rings. The fourth-order valence-electron chi connectivity index (χ4n) is 3.46. The quantitative estimate of drug-likeness (QED) is 0.132. The van der Waals surface area contributed by atoms with Crippen LogP contribution >= 0.6 is 0 Å². The third-order valence-electron chi connectivity index (χ3n) is 5.37. The minimum absolute atomic E-state index is 0. The largest absolute Gasteiger partial charge is 1.00 e. The van der Waals surface area contributed by atoms with Gasteiger partial charge in [-0.3, -0.25) is 0 Å². The van der Waals surface area contributed by atoms with Gasteiger partial charge < -0.3 is 55.5 Å². The molecule has 0 aliphatic carbocycles. The van der Waals surface area contributed by atoms with Crippen LogP contribution in [0.15, 0.2) is 36.4 Å². The van der Waals surface area contributed by atoms with Gasteiger partial charge in [-0.15, -0.1) is 0 Å². The van der Waals surface area contributed by atoms with Crippen LogP contribution in [0, 0.1) is 0 Å². The molecule has 0 saturated heterocycles. The number of ether oxygens (including phenoxy) is 6. The van der Waals surface area contributed by atoms with E-state index in [2.05, 4.69) is 0 Å². The van der Waals surface area contributed by atoms with Crippen molar-refractivity contribution in [3.63, 3.8) is 0 Å². The molecule has 0 saturated carbocycles. The maximum Gasteiger partial charge on any atom is 0.369 e. The van der Waals surface area contributed by atoms with Gasteiger partial charge in [0.05, 0.1) is 42.5 Å². The van der Waals surface area contributed by atoms with Gasteiger partial charge in [0.25, 0.3) is 0 Å². The van der Waals surface area contributed by atoms with E-state index in [0.717, 1.165) is 12.2 Å². The van der Waals surface area contributed by atoms with Crippen molar-refractivity contribution in [2.75, 3.05) is 55.6 Å². The lowest BCUT2D eigenvalue weighted by molar-refractivity contribution is -0.875. The molecule has 0 unspecified atom stereocenters. The Morgan fingerprint density at radius 1 is 0.643 bits per heavy atom. The van der Waals surface area contributed by atoms with Gasteiger partial charge in [-0.25, -0.2) is 19.2 Å². The van der Waals surface area contributed by atoms with Crippen LogP contribution < -0.4 is 31.4 Å². The van der Waals surface area contributed by atoms with Crippen LogP contribution in [0.5, 0.6) is 34.5 Å². The van der Waals surface area contributed by atoms with Gasteiger partial charge in [-0.05, 0) is 47.5 Å². The Bertz CT molecular complexity index is 1220. The highest BCUT2D eigenvalue weighted by Gasteiger charge is 2.27. The number of phenolic OH excluding ortho intramolecular Hbond substituents is 2. The first-order valence-corrected chi connectivity index (χ1v) is 11.9.